The Labute approximate surface area is 179 Å². The number of ether oxygens (including phenoxy) is 3. The average molecular weight is 492 g/mol. The first-order chi connectivity index (χ1) is 12.8. The van der Waals surface area contributed by atoms with E-state index < -0.39 is 0 Å². The van der Waals surface area contributed by atoms with Crippen molar-refractivity contribution in [2.45, 2.75) is 13.0 Å². The molecule has 0 spiro atoms. The summed E-state index contributed by atoms with van der Waals surface area (Å²) in [5.74, 6) is 1.66. The van der Waals surface area contributed by atoms with E-state index >= 15 is 0 Å². The van der Waals surface area contributed by atoms with Crippen LogP contribution in [0, 0.1) is 0 Å². The van der Waals surface area contributed by atoms with Gasteiger partial charge in [0.25, 0.3) is 0 Å². The lowest BCUT2D eigenvalue weighted by molar-refractivity contribution is 0.0170. The van der Waals surface area contributed by atoms with Crippen molar-refractivity contribution >= 4 is 29.9 Å². The van der Waals surface area contributed by atoms with Crippen molar-refractivity contribution in [2.24, 2.45) is 4.99 Å². The predicted octanol–water partition coefficient (Wildman–Crippen LogP) is 1.89. The number of aliphatic imine (C=N–C) groups is 1. The maximum Gasteiger partial charge on any atom is 0.191 e. The Morgan fingerprint density at radius 2 is 1.93 bits per heavy atom. The second-order valence-electron chi connectivity index (χ2n) is 6.01. The molecule has 0 radical (unpaired) electrons. The van der Waals surface area contributed by atoms with Crippen molar-refractivity contribution < 1.29 is 14.2 Å². The average Bonchev–Trinajstić information content (AvgIpc) is 2.71. The minimum atomic E-state index is 0. The normalized spacial score (nSPS) is 16.3. The summed E-state index contributed by atoms with van der Waals surface area (Å²) >= 11 is 0. The van der Waals surface area contributed by atoms with Crippen LogP contribution in [0.3, 0.4) is 0 Å². The summed E-state index contributed by atoms with van der Waals surface area (Å²) in [6.45, 7) is 8.28. The summed E-state index contributed by atoms with van der Waals surface area (Å²) in [7, 11) is 3.47. The number of halogens is 1. The third-order valence-corrected chi connectivity index (χ3v) is 4.42. The van der Waals surface area contributed by atoms with Gasteiger partial charge >= 0.3 is 0 Å². The van der Waals surface area contributed by atoms with Crippen molar-refractivity contribution in [3.8, 4) is 5.75 Å². The Bertz CT molecular complexity index is 536. The van der Waals surface area contributed by atoms with Gasteiger partial charge in [-0.2, -0.15) is 0 Å². The number of guanidine groups is 1. The molecule has 1 saturated heterocycles. The first-order valence-electron chi connectivity index (χ1n) is 9.26. The van der Waals surface area contributed by atoms with Crippen LogP contribution in [0.1, 0.15) is 18.5 Å². The molecule has 1 aliphatic heterocycles. The van der Waals surface area contributed by atoms with Crippen LogP contribution in [0.2, 0.25) is 0 Å². The van der Waals surface area contributed by atoms with E-state index in [1.807, 2.05) is 19.1 Å². The van der Waals surface area contributed by atoms with Gasteiger partial charge in [-0.15, -0.1) is 24.0 Å². The standard InChI is InChI=1S/C19H32N4O3.HI/c1-4-25-12-9-21-19(20-2)22-15-18(23-10-13-26-14-11-23)16-5-7-17(24-3)8-6-16;/h5-8,18H,4,9-15H2,1-3H3,(H2,20,21,22);1H. The number of rotatable bonds is 9. The van der Waals surface area contributed by atoms with Crippen molar-refractivity contribution in [1.82, 2.24) is 15.5 Å². The van der Waals surface area contributed by atoms with Crippen molar-refractivity contribution in [3.05, 3.63) is 29.8 Å². The third kappa shape index (κ3) is 8.20. The van der Waals surface area contributed by atoms with Gasteiger partial charge in [-0.05, 0) is 24.6 Å². The van der Waals surface area contributed by atoms with E-state index in [4.69, 9.17) is 14.2 Å². The Hall–Kier alpha value is -1.10. The van der Waals surface area contributed by atoms with E-state index in [1.54, 1.807) is 14.2 Å². The van der Waals surface area contributed by atoms with Crippen LogP contribution in [0.15, 0.2) is 29.3 Å². The third-order valence-electron chi connectivity index (χ3n) is 4.42. The number of benzene rings is 1. The Morgan fingerprint density at radius 3 is 2.52 bits per heavy atom. The Balaban J connectivity index is 0.00000364. The zero-order valence-electron chi connectivity index (χ0n) is 16.6. The number of nitrogens with one attached hydrogen (secondary N) is 2. The minimum absolute atomic E-state index is 0. The molecule has 1 unspecified atom stereocenters. The molecule has 7 nitrogen and oxygen atoms in total. The molecule has 2 rings (SSSR count). The van der Waals surface area contributed by atoms with E-state index in [0.717, 1.165) is 57.7 Å². The van der Waals surface area contributed by atoms with Crippen LogP contribution >= 0.6 is 24.0 Å². The molecule has 0 bridgehead atoms. The maximum atomic E-state index is 5.51. The summed E-state index contributed by atoms with van der Waals surface area (Å²) < 4.78 is 16.2. The Kier molecular flexibility index (Phi) is 12.4. The highest BCUT2D eigenvalue weighted by Gasteiger charge is 2.23. The summed E-state index contributed by atoms with van der Waals surface area (Å²) in [5.41, 5.74) is 1.25. The highest BCUT2D eigenvalue weighted by molar-refractivity contribution is 14.0. The van der Waals surface area contributed by atoms with Crippen molar-refractivity contribution in [2.75, 3.05) is 66.8 Å². The van der Waals surface area contributed by atoms with Crippen LogP contribution in [0.25, 0.3) is 0 Å². The zero-order chi connectivity index (χ0) is 18.6. The summed E-state index contributed by atoms with van der Waals surface area (Å²) in [5, 5.41) is 6.72. The van der Waals surface area contributed by atoms with Crippen LogP contribution < -0.4 is 15.4 Å². The van der Waals surface area contributed by atoms with E-state index in [-0.39, 0.29) is 30.0 Å². The molecule has 1 aromatic rings. The number of nitrogens with zero attached hydrogens (tertiary/aromatic N) is 2. The zero-order valence-corrected chi connectivity index (χ0v) is 18.9. The SMILES string of the molecule is CCOCCNC(=NC)NCC(c1ccc(OC)cc1)N1CCOCC1.I. The summed E-state index contributed by atoms with van der Waals surface area (Å²) in [6, 6.07) is 8.53. The second kappa shape index (κ2) is 14.0. The molecule has 1 aliphatic rings. The van der Waals surface area contributed by atoms with Gasteiger partial charge in [0.2, 0.25) is 0 Å². The summed E-state index contributed by atoms with van der Waals surface area (Å²) in [4.78, 5) is 6.75. The lowest BCUT2D eigenvalue weighted by Gasteiger charge is -2.35. The van der Waals surface area contributed by atoms with Gasteiger partial charge < -0.3 is 24.8 Å². The van der Waals surface area contributed by atoms with Crippen LogP contribution in [0.4, 0.5) is 0 Å². The predicted molar refractivity (Wildman–Crippen MR) is 119 cm³/mol. The van der Waals surface area contributed by atoms with Gasteiger partial charge in [-0.25, -0.2) is 0 Å². The number of hydrogen-bond donors (Lipinski definition) is 2. The molecule has 154 valence electrons. The fourth-order valence-electron chi connectivity index (χ4n) is 2.97. The van der Waals surface area contributed by atoms with E-state index in [1.165, 1.54) is 5.56 Å². The molecule has 0 aliphatic carbocycles. The molecule has 0 saturated carbocycles. The van der Waals surface area contributed by atoms with Crippen LogP contribution in [0.5, 0.6) is 5.75 Å². The monoisotopic (exact) mass is 492 g/mol. The van der Waals surface area contributed by atoms with Crippen LogP contribution in [-0.4, -0.2) is 77.6 Å². The molecule has 1 fully saturated rings. The fourth-order valence-corrected chi connectivity index (χ4v) is 2.97. The highest BCUT2D eigenvalue weighted by atomic mass is 127. The molecule has 2 N–H and O–H groups in total. The van der Waals surface area contributed by atoms with E-state index in [2.05, 4.69) is 32.7 Å². The topological polar surface area (TPSA) is 67.3 Å². The Morgan fingerprint density at radius 1 is 1.22 bits per heavy atom. The molecule has 0 aromatic heterocycles. The molecular weight excluding hydrogens is 459 g/mol. The van der Waals surface area contributed by atoms with Crippen LogP contribution in [-0.2, 0) is 9.47 Å². The summed E-state index contributed by atoms with van der Waals surface area (Å²) in [6.07, 6.45) is 0. The second-order valence-corrected chi connectivity index (χ2v) is 6.01. The smallest absolute Gasteiger partial charge is 0.191 e. The van der Waals surface area contributed by atoms with Gasteiger partial charge in [0.15, 0.2) is 5.96 Å². The molecule has 1 atom stereocenters. The van der Waals surface area contributed by atoms with E-state index in [0.29, 0.717) is 6.61 Å². The molecule has 1 heterocycles. The van der Waals surface area contributed by atoms with Crippen molar-refractivity contribution in [1.29, 1.82) is 0 Å². The quantitative estimate of drug-likeness (QED) is 0.238. The first kappa shape index (κ1) is 23.9. The molecule has 0 amide bonds. The fraction of sp³-hybridized carbons (Fsp3) is 0.632. The van der Waals surface area contributed by atoms with Gasteiger partial charge in [0, 0.05) is 39.8 Å². The van der Waals surface area contributed by atoms with Gasteiger partial charge in [0.05, 0.1) is 33.0 Å². The number of methoxy groups -OCH3 is 1. The molecule has 27 heavy (non-hydrogen) atoms. The number of hydrogen-bond acceptors (Lipinski definition) is 5. The van der Waals surface area contributed by atoms with Gasteiger partial charge in [0.1, 0.15) is 5.75 Å². The maximum absolute atomic E-state index is 5.51. The lowest BCUT2D eigenvalue weighted by Crippen LogP contribution is -2.46. The molecule has 1 aromatic carbocycles. The van der Waals surface area contributed by atoms with Gasteiger partial charge in [-0.3, -0.25) is 9.89 Å². The highest BCUT2D eigenvalue weighted by Crippen LogP contribution is 2.23. The molecular formula is C19H33IN4O3. The van der Waals surface area contributed by atoms with Crippen molar-refractivity contribution in [3.63, 3.8) is 0 Å². The van der Waals surface area contributed by atoms with E-state index in [9.17, 15) is 0 Å². The minimum Gasteiger partial charge on any atom is -0.497 e. The molecule has 8 heteroatoms. The largest absolute Gasteiger partial charge is 0.497 e. The first-order valence-corrected chi connectivity index (χ1v) is 9.26. The lowest BCUT2D eigenvalue weighted by atomic mass is 10.0. The van der Waals surface area contributed by atoms with Gasteiger partial charge in [-0.1, -0.05) is 12.1 Å². The number of morpholine rings is 1.